The number of carbonyl (C=O) groups is 2. The van der Waals surface area contributed by atoms with Crippen LogP contribution in [0.15, 0.2) is 65.6 Å². The van der Waals surface area contributed by atoms with Gasteiger partial charge in [0.2, 0.25) is 11.8 Å². The zero-order valence-corrected chi connectivity index (χ0v) is 27.3. The minimum atomic E-state index is -4.30. The number of anilines is 1. The zero-order chi connectivity index (χ0) is 31.9. The van der Waals surface area contributed by atoms with Gasteiger partial charge in [-0.15, -0.1) is 0 Å². The number of methoxy groups -OCH3 is 2. The topological polar surface area (TPSA) is 105 Å². The number of halogens is 1. The van der Waals surface area contributed by atoms with Gasteiger partial charge < -0.3 is 19.7 Å². The van der Waals surface area contributed by atoms with Crippen LogP contribution in [0.1, 0.15) is 43.9 Å². The van der Waals surface area contributed by atoms with Gasteiger partial charge in [-0.05, 0) is 81.1 Å². The Morgan fingerprint density at radius 3 is 2.14 bits per heavy atom. The van der Waals surface area contributed by atoms with E-state index in [2.05, 4.69) is 5.32 Å². The van der Waals surface area contributed by atoms with Crippen molar-refractivity contribution in [1.29, 1.82) is 0 Å². The van der Waals surface area contributed by atoms with Crippen LogP contribution in [-0.2, 0) is 26.2 Å². The van der Waals surface area contributed by atoms with Crippen molar-refractivity contribution in [1.82, 2.24) is 10.2 Å². The molecule has 0 aliphatic rings. The van der Waals surface area contributed by atoms with E-state index in [-0.39, 0.29) is 29.1 Å². The van der Waals surface area contributed by atoms with E-state index in [1.807, 2.05) is 33.8 Å². The molecule has 3 rings (SSSR count). The third-order valence-electron chi connectivity index (χ3n) is 7.18. The van der Waals surface area contributed by atoms with Crippen LogP contribution in [0.4, 0.5) is 5.69 Å². The fraction of sp³-hybridized carbons (Fsp3) is 0.375. The molecule has 0 heterocycles. The molecule has 0 aliphatic carbocycles. The molecule has 0 saturated carbocycles. The number of benzene rings is 3. The van der Waals surface area contributed by atoms with Gasteiger partial charge >= 0.3 is 0 Å². The summed E-state index contributed by atoms with van der Waals surface area (Å²) in [7, 11) is -1.43. The number of hydrogen-bond acceptors (Lipinski definition) is 6. The molecule has 0 bridgehead atoms. The molecule has 2 atom stereocenters. The number of rotatable bonds is 13. The number of sulfonamides is 1. The maximum Gasteiger partial charge on any atom is 0.264 e. The van der Waals surface area contributed by atoms with E-state index in [1.54, 1.807) is 43.3 Å². The van der Waals surface area contributed by atoms with E-state index in [0.29, 0.717) is 28.4 Å². The van der Waals surface area contributed by atoms with Gasteiger partial charge in [0.1, 0.15) is 12.6 Å². The molecule has 0 saturated heterocycles. The minimum Gasteiger partial charge on any atom is -0.493 e. The molecular weight excluding hydrogens is 590 g/mol. The standard InChI is InChI=1S/C32H40ClN3O6S/c1-8-23(4)34-32(38)24(5)35(19-25-11-9-10-12-28(25)33)31(37)20-36(26-16-21(2)15-22(3)17-26)43(39,40)27-13-14-29(41-6)30(18-27)42-7/h9-18,23-24H,8,19-20H2,1-7H3,(H,34,38)/t23-,24-/m1/s1. The maximum absolute atomic E-state index is 14.2. The van der Waals surface area contributed by atoms with Crippen LogP contribution in [0.25, 0.3) is 0 Å². The number of hydrogen-bond donors (Lipinski definition) is 1. The van der Waals surface area contributed by atoms with Crippen molar-refractivity contribution in [2.24, 2.45) is 0 Å². The van der Waals surface area contributed by atoms with E-state index in [1.165, 1.54) is 37.3 Å². The van der Waals surface area contributed by atoms with Crippen molar-refractivity contribution < 1.29 is 27.5 Å². The summed E-state index contributed by atoms with van der Waals surface area (Å²) in [5, 5.41) is 3.35. The fourth-order valence-corrected chi connectivity index (χ4v) is 6.20. The lowest BCUT2D eigenvalue weighted by Gasteiger charge is -2.33. The van der Waals surface area contributed by atoms with Crippen LogP contribution >= 0.6 is 11.6 Å². The van der Waals surface area contributed by atoms with E-state index >= 15 is 0 Å². The predicted molar refractivity (Wildman–Crippen MR) is 169 cm³/mol. The molecule has 3 aromatic rings. The van der Waals surface area contributed by atoms with Crippen molar-refractivity contribution in [3.05, 3.63) is 82.4 Å². The van der Waals surface area contributed by atoms with Crippen molar-refractivity contribution >= 4 is 39.1 Å². The SMILES string of the molecule is CC[C@@H](C)NC(=O)[C@@H](C)N(Cc1ccccc1Cl)C(=O)CN(c1cc(C)cc(C)c1)S(=O)(=O)c1ccc(OC)c(OC)c1. The number of amides is 2. The van der Waals surface area contributed by atoms with Gasteiger partial charge in [0.05, 0.1) is 24.8 Å². The summed E-state index contributed by atoms with van der Waals surface area (Å²) in [5.41, 5.74) is 2.59. The quantitative estimate of drug-likeness (QED) is 0.268. The average molecular weight is 630 g/mol. The molecule has 11 heteroatoms. The first-order valence-electron chi connectivity index (χ1n) is 14.0. The summed E-state index contributed by atoms with van der Waals surface area (Å²) in [4.78, 5) is 28.7. The molecule has 3 aromatic carbocycles. The molecule has 0 unspecified atom stereocenters. The van der Waals surface area contributed by atoms with Crippen molar-refractivity contribution in [3.63, 3.8) is 0 Å². The summed E-state index contributed by atoms with van der Waals surface area (Å²) < 4.78 is 40.2. The van der Waals surface area contributed by atoms with Crippen molar-refractivity contribution in [3.8, 4) is 11.5 Å². The van der Waals surface area contributed by atoms with Crippen LogP contribution in [0.2, 0.25) is 5.02 Å². The van der Waals surface area contributed by atoms with Gasteiger partial charge in [0.15, 0.2) is 11.5 Å². The number of nitrogens with zero attached hydrogens (tertiary/aromatic N) is 2. The highest BCUT2D eigenvalue weighted by Crippen LogP contribution is 2.33. The Hall–Kier alpha value is -3.76. The maximum atomic E-state index is 14.2. The Morgan fingerprint density at radius 2 is 1.56 bits per heavy atom. The Bertz CT molecular complexity index is 1540. The van der Waals surface area contributed by atoms with Gasteiger partial charge in [-0.25, -0.2) is 8.42 Å². The second-order valence-electron chi connectivity index (χ2n) is 10.5. The minimum absolute atomic E-state index is 0.00465. The molecule has 0 radical (unpaired) electrons. The van der Waals surface area contributed by atoms with Crippen LogP contribution in [0.5, 0.6) is 11.5 Å². The Balaban J connectivity index is 2.12. The molecular formula is C32H40ClN3O6S. The highest BCUT2D eigenvalue weighted by Gasteiger charge is 2.33. The van der Waals surface area contributed by atoms with E-state index < -0.39 is 28.5 Å². The van der Waals surface area contributed by atoms with E-state index in [0.717, 1.165) is 15.4 Å². The van der Waals surface area contributed by atoms with Crippen LogP contribution in [0.3, 0.4) is 0 Å². The van der Waals surface area contributed by atoms with Gasteiger partial charge in [-0.2, -0.15) is 0 Å². The molecule has 1 N–H and O–H groups in total. The van der Waals surface area contributed by atoms with E-state index in [4.69, 9.17) is 21.1 Å². The monoisotopic (exact) mass is 629 g/mol. The lowest BCUT2D eigenvalue weighted by atomic mass is 10.1. The van der Waals surface area contributed by atoms with Crippen molar-refractivity contribution in [2.45, 2.75) is 64.6 Å². The summed E-state index contributed by atoms with van der Waals surface area (Å²) in [6.45, 7) is 8.59. The predicted octanol–water partition coefficient (Wildman–Crippen LogP) is 5.50. The summed E-state index contributed by atoms with van der Waals surface area (Å²) in [6.07, 6.45) is 0.709. The first kappa shape index (κ1) is 33.7. The molecule has 0 aromatic heterocycles. The van der Waals surface area contributed by atoms with Crippen LogP contribution in [-0.4, -0.2) is 58.0 Å². The van der Waals surface area contributed by atoms with Gasteiger partial charge in [0.25, 0.3) is 10.0 Å². The van der Waals surface area contributed by atoms with Crippen LogP contribution < -0.4 is 19.1 Å². The average Bonchev–Trinajstić information content (AvgIpc) is 2.97. The zero-order valence-electron chi connectivity index (χ0n) is 25.7. The molecule has 0 aliphatic heterocycles. The highest BCUT2D eigenvalue weighted by atomic mass is 35.5. The highest BCUT2D eigenvalue weighted by molar-refractivity contribution is 7.92. The number of nitrogens with one attached hydrogen (secondary N) is 1. The number of aryl methyl sites for hydroxylation is 2. The Kier molecular flexibility index (Phi) is 11.5. The summed E-state index contributed by atoms with van der Waals surface area (Å²) in [6, 6.07) is 15.6. The molecule has 43 heavy (non-hydrogen) atoms. The second kappa shape index (κ2) is 14.6. The van der Waals surface area contributed by atoms with Crippen LogP contribution in [0, 0.1) is 13.8 Å². The lowest BCUT2D eigenvalue weighted by molar-refractivity contribution is -0.139. The molecule has 0 fully saturated rings. The van der Waals surface area contributed by atoms with E-state index in [9.17, 15) is 18.0 Å². The molecule has 2 amide bonds. The normalized spacial score (nSPS) is 12.7. The second-order valence-corrected chi connectivity index (χ2v) is 12.8. The summed E-state index contributed by atoms with van der Waals surface area (Å²) >= 11 is 6.44. The van der Waals surface area contributed by atoms with Gasteiger partial charge in [0, 0.05) is 23.7 Å². The molecule has 232 valence electrons. The third-order valence-corrected chi connectivity index (χ3v) is 9.32. The Morgan fingerprint density at radius 1 is 0.930 bits per heavy atom. The summed E-state index contributed by atoms with van der Waals surface area (Å²) in [5.74, 6) is -0.334. The van der Waals surface area contributed by atoms with Crippen molar-refractivity contribution in [2.75, 3.05) is 25.1 Å². The smallest absolute Gasteiger partial charge is 0.264 e. The number of ether oxygens (including phenoxy) is 2. The molecule has 0 spiro atoms. The first-order chi connectivity index (χ1) is 20.3. The largest absolute Gasteiger partial charge is 0.493 e. The third kappa shape index (κ3) is 8.20. The first-order valence-corrected chi connectivity index (χ1v) is 15.8. The van der Waals surface area contributed by atoms with Gasteiger partial charge in [-0.3, -0.25) is 13.9 Å². The fourth-order valence-electron chi connectivity index (χ4n) is 4.59. The Labute approximate surface area is 259 Å². The number of carbonyl (C=O) groups excluding carboxylic acids is 2. The molecule has 9 nitrogen and oxygen atoms in total. The lowest BCUT2D eigenvalue weighted by Crippen LogP contribution is -2.52. The van der Waals surface area contributed by atoms with Gasteiger partial charge in [-0.1, -0.05) is 42.8 Å².